The second-order valence-corrected chi connectivity index (χ2v) is 7.01. The van der Waals surface area contributed by atoms with Gasteiger partial charge in [0.1, 0.15) is 10.7 Å². The number of aryl methyl sites for hydroxylation is 1. The maximum Gasteiger partial charge on any atom is 0.324 e. The molecule has 6 nitrogen and oxygen atoms in total. The van der Waals surface area contributed by atoms with Crippen molar-refractivity contribution in [3.63, 3.8) is 0 Å². The molecule has 9 heteroatoms. The predicted octanol–water partition coefficient (Wildman–Crippen LogP) is 3.96. The summed E-state index contributed by atoms with van der Waals surface area (Å²) in [5.74, 6) is -0.928. The molecule has 0 N–H and O–H groups in total. The maximum atomic E-state index is 14.1. The molecular formula is C15H12FN3O3S2. The predicted molar refractivity (Wildman–Crippen MR) is 90.9 cm³/mol. The van der Waals surface area contributed by atoms with Crippen LogP contribution in [-0.2, 0) is 6.54 Å². The zero-order valence-corrected chi connectivity index (χ0v) is 14.2. The molecule has 0 aliphatic carbocycles. The lowest BCUT2D eigenvalue weighted by Crippen LogP contribution is -2.17. The molecule has 24 heavy (non-hydrogen) atoms. The van der Waals surface area contributed by atoms with Crippen LogP contribution in [0.4, 0.5) is 9.39 Å². The number of hydrogen-bond acceptors (Lipinski definition) is 5. The van der Waals surface area contributed by atoms with Gasteiger partial charge in [0.2, 0.25) is 0 Å². The number of thiazole rings is 1. The standard InChI is InChI=1S/C15H12FN3O3S2/c1-2-8-18-13-9(16)4-3-5-10(13)24-15(18)17-14(20)11-6-7-12(23-11)19(21)22/h3-7H,2,8H2,1H3. The lowest BCUT2D eigenvalue weighted by molar-refractivity contribution is -0.380. The van der Waals surface area contributed by atoms with Crippen LogP contribution < -0.4 is 4.80 Å². The molecule has 0 aliphatic rings. The van der Waals surface area contributed by atoms with Crippen LogP contribution in [0.2, 0.25) is 0 Å². The first-order chi connectivity index (χ1) is 11.5. The number of para-hydroxylation sites is 1. The number of nitro groups is 1. The molecule has 0 saturated heterocycles. The van der Waals surface area contributed by atoms with E-state index in [0.717, 1.165) is 17.8 Å². The van der Waals surface area contributed by atoms with E-state index < -0.39 is 10.8 Å². The highest BCUT2D eigenvalue weighted by Gasteiger charge is 2.16. The SMILES string of the molecule is CCCn1c(=NC(=O)c2ccc([N+](=O)[O-])s2)sc2cccc(F)c21. The highest BCUT2D eigenvalue weighted by Crippen LogP contribution is 2.25. The summed E-state index contributed by atoms with van der Waals surface area (Å²) in [6.07, 6.45) is 0.756. The molecule has 1 amide bonds. The van der Waals surface area contributed by atoms with Crippen LogP contribution in [0.25, 0.3) is 10.2 Å². The van der Waals surface area contributed by atoms with Gasteiger partial charge in [0.05, 0.1) is 15.1 Å². The third kappa shape index (κ3) is 3.00. The second-order valence-electron chi connectivity index (χ2n) is 4.93. The van der Waals surface area contributed by atoms with E-state index in [1.807, 2.05) is 6.92 Å². The molecule has 124 valence electrons. The maximum absolute atomic E-state index is 14.1. The molecule has 3 rings (SSSR count). The third-order valence-corrected chi connectivity index (χ3v) is 5.35. The van der Waals surface area contributed by atoms with Gasteiger partial charge in [0.25, 0.3) is 5.91 Å². The Balaban J connectivity index is 2.11. The van der Waals surface area contributed by atoms with E-state index >= 15 is 0 Å². The molecule has 0 radical (unpaired) electrons. The number of amides is 1. The lowest BCUT2D eigenvalue weighted by atomic mass is 10.3. The second kappa shape index (κ2) is 6.62. The molecule has 0 atom stereocenters. The number of hydrogen-bond donors (Lipinski definition) is 0. The van der Waals surface area contributed by atoms with Crippen molar-refractivity contribution in [2.24, 2.45) is 4.99 Å². The minimum absolute atomic E-state index is 0.114. The topological polar surface area (TPSA) is 77.5 Å². The average Bonchev–Trinajstić information content (AvgIpc) is 3.14. The minimum Gasteiger partial charge on any atom is -0.314 e. The van der Waals surface area contributed by atoms with E-state index in [9.17, 15) is 19.3 Å². The first-order valence-electron chi connectivity index (χ1n) is 7.12. The number of thiophene rings is 1. The van der Waals surface area contributed by atoms with Gasteiger partial charge in [0.15, 0.2) is 4.80 Å². The Bertz CT molecular complexity index is 1000. The van der Waals surface area contributed by atoms with Gasteiger partial charge < -0.3 is 4.57 Å². The Hall–Kier alpha value is -2.39. The lowest BCUT2D eigenvalue weighted by Gasteiger charge is -2.03. The monoisotopic (exact) mass is 365 g/mol. The van der Waals surface area contributed by atoms with Gasteiger partial charge in [-0.2, -0.15) is 4.99 Å². The quantitative estimate of drug-likeness (QED) is 0.518. The van der Waals surface area contributed by atoms with E-state index in [-0.39, 0.29) is 15.7 Å². The summed E-state index contributed by atoms with van der Waals surface area (Å²) in [5.41, 5.74) is 0.424. The fourth-order valence-electron chi connectivity index (χ4n) is 2.29. The van der Waals surface area contributed by atoms with E-state index in [4.69, 9.17) is 0 Å². The number of rotatable bonds is 4. The molecule has 3 aromatic rings. The van der Waals surface area contributed by atoms with Crippen LogP contribution >= 0.6 is 22.7 Å². The Kier molecular flexibility index (Phi) is 4.54. The molecule has 0 unspecified atom stereocenters. The van der Waals surface area contributed by atoms with Crippen molar-refractivity contribution in [3.8, 4) is 0 Å². The van der Waals surface area contributed by atoms with Gasteiger partial charge >= 0.3 is 5.00 Å². The zero-order valence-electron chi connectivity index (χ0n) is 12.6. The van der Waals surface area contributed by atoms with Crippen LogP contribution in [0.3, 0.4) is 0 Å². The summed E-state index contributed by atoms with van der Waals surface area (Å²) in [6.45, 7) is 2.48. The van der Waals surface area contributed by atoms with Gasteiger partial charge in [0, 0.05) is 12.6 Å². The van der Waals surface area contributed by atoms with Gasteiger partial charge in [-0.15, -0.1) is 0 Å². The Labute approximate surface area is 143 Å². The molecule has 0 saturated carbocycles. The summed E-state index contributed by atoms with van der Waals surface area (Å²) in [7, 11) is 0. The molecule has 1 aromatic carbocycles. The Morgan fingerprint density at radius 1 is 1.33 bits per heavy atom. The first kappa shape index (κ1) is 16.5. The number of aromatic nitrogens is 1. The van der Waals surface area contributed by atoms with Crippen molar-refractivity contribution < 1.29 is 14.1 Å². The number of carbonyl (C=O) groups is 1. The normalized spacial score (nSPS) is 12.0. The number of halogens is 1. The first-order valence-corrected chi connectivity index (χ1v) is 8.75. The van der Waals surface area contributed by atoms with Crippen molar-refractivity contribution in [2.75, 3.05) is 0 Å². The van der Waals surface area contributed by atoms with Gasteiger partial charge in [-0.3, -0.25) is 14.9 Å². The summed E-state index contributed by atoms with van der Waals surface area (Å²) in [6, 6.07) is 7.41. The molecule has 0 aliphatic heterocycles. The van der Waals surface area contributed by atoms with E-state index in [0.29, 0.717) is 21.6 Å². The van der Waals surface area contributed by atoms with Gasteiger partial charge in [-0.1, -0.05) is 35.7 Å². The fourth-order valence-corrected chi connectivity index (χ4v) is 4.06. The average molecular weight is 365 g/mol. The Morgan fingerprint density at radius 3 is 2.79 bits per heavy atom. The summed E-state index contributed by atoms with van der Waals surface area (Å²) in [4.78, 5) is 27.1. The molecule has 0 fully saturated rings. The summed E-state index contributed by atoms with van der Waals surface area (Å²) in [5, 5.41) is 10.6. The largest absolute Gasteiger partial charge is 0.324 e. The van der Waals surface area contributed by atoms with Crippen LogP contribution in [0.1, 0.15) is 23.0 Å². The van der Waals surface area contributed by atoms with Crippen molar-refractivity contribution in [1.82, 2.24) is 4.57 Å². The molecule has 0 bridgehead atoms. The molecular weight excluding hydrogens is 353 g/mol. The minimum atomic E-state index is -0.565. The van der Waals surface area contributed by atoms with Crippen LogP contribution in [0.5, 0.6) is 0 Å². The highest BCUT2D eigenvalue weighted by atomic mass is 32.1. The van der Waals surface area contributed by atoms with Crippen LogP contribution in [-0.4, -0.2) is 15.4 Å². The Morgan fingerprint density at radius 2 is 2.12 bits per heavy atom. The fraction of sp³-hybridized carbons (Fsp3) is 0.200. The van der Waals surface area contributed by atoms with Gasteiger partial charge in [-0.05, 0) is 24.6 Å². The van der Waals surface area contributed by atoms with E-state index in [1.165, 1.54) is 29.5 Å². The summed E-state index contributed by atoms with van der Waals surface area (Å²) >= 11 is 2.00. The van der Waals surface area contributed by atoms with Gasteiger partial charge in [-0.25, -0.2) is 4.39 Å². The van der Waals surface area contributed by atoms with E-state index in [1.54, 1.807) is 16.7 Å². The van der Waals surface area contributed by atoms with Crippen molar-refractivity contribution >= 4 is 43.8 Å². The van der Waals surface area contributed by atoms with Crippen molar-refractivity contribution in [1.29, 1.82) is 0 Å². The molecule has 2 heterocycles. The van der Waals surface area contributed by atoms with Crippen LogP contribution in [0, 0.1) is 15.9 Å². The summed E-state index contributed by atoms with van der Waals surface area (Å²) < 4.78 is 16.5. The van der Waals surface area contributed by atoms with Crippen LogP contribution in [0.15, 0.2) is 35.3 Å². The smallest absolute Gasteiger partial charge is 0.314 e. The van der Waals surface area contributed by atoms with Crippen molar-refractivity contribution in [3.05, 3.63) is 55.9 Å². The molecule has 0 spiro atoms. The third-order valence-electron chi connectivity index (χ3n) is 3.28. The number of carbonyl (C=O) groups excluding carboxylic acids is 1. The van der Waals surface area contributed by atoms with E-state index in [2.05, 4.69) is 4.99 Å². The number of benzene rings is 1. The molecule has 2 aromatic heterocycles. The zero-order chi connectivity index (χ0) is 17.3. The number of nitrogens with zero attached hydrogens (tertiary/aromatic N) is 3. The van der Waals surface area contributed by atoms with Crippen molar-refractivity contribution in [2.45, 2.75) is 19.9 Å². The highest BCUT2D eigenvalue weighted by molar-refractivity contribution is 7.17. The number of fused-ring (bicyclic) bond motifs is 1.